The van der Waals surface area contributed by atoms with E-state index in [9.17, 15) is 13.2 Å². The highest BCUT2D eigenvalue weighted by Gasteiger charge is 2.12. The molecule has 0 spiro atoms. The lowest BCUT2D eigenvalue weighted by Crippen LogP contribution is -2.14. The van der Waals surface area contributed by atoms with Crippen LogP contribution in [0.5, 0.6) is 0 Å². The number of benzene rings is 2. The molecule has 0 bridgehead atoms. The van der Waals surface area contributed by atoms with Crippen molar-refractivity contribution in [2.24, 2.45) is 0 Å². The van der Waals surface area contributed by atoms with Gasteiger partial charge in [-0.3, -0.25) is 4.79 Å². The Morgan fingerprint density at radius 1 is 1.21 bits per heavy atom. The topological polar surface area (TPSA) is 76.1 Å². The van der Waals surface area contributed by atoms with Crippen molar-refractivity contribution in [1.29, 1.82) is 0 Å². The normalized spacial score (nSPS) is 11.6. The van der Waals surface area contributed by atoms with E-state index in [1.165, 1.54) is 17.4 Å². The van der Waals surface area contributed by atoms with Crippen LogP contribution in [-0.2, 0) is 21.1 Å². The Hall–Kier alpha value is -1.77. The van der Waals surface area contributed by atoms with Gasteiger partial charge in [0.15, 0.2) is 15.0 Å². The minimum absolute atomic E-state index is 0.167. The lowest BCUT2D eigenvalue weighted by molar-refractivity contribution is -0.115. The van der Waals surface area contributed by atoms with Crippen molar-refractivity contribution < 1.29 is 13.2 Å². The van der Waals surface area contributed by atoms with Crippen molar-refractivity contribution in [3.8, 4) is 0 Å². The van der Waals surface area contributed by atoms with Gasteiger partial charge in [0.25, 0.3) is 0 Å². The zero-order chi connectivity index (χ0) is 17.3. The third-order valence-corrected chi connectivity index (χ3v) is 5.88. The fourth-order valence-corrected chi connectivity index (χ4v) is 4.05. The van der Waals surface area contributed by atoms with Gasteiger partial charge in [0.2, 0.25) is 5.91 Å². The number of rotatable bonds is 4. The first kappa shape index (κ1) is 17.1. The van der Waals surface area contributed by atoms with Crippen LogP contribution in [0.25, 0.3) is 10.2 Å². The minimum atomic E-state index is -3.26. The van der Waals surface area contributed by atoms with Gasteiger partial charge in [0.1, 0.15) is 0 Å². The summed E-state index contributed by atoms with van der Waals surface area (Å²) in [4.78, 5) is 16.7. The first-order valence-corrected chi connectivity index (χ1v) is 10.5. The number of anilines is 1. The van der Waals surface area contributed by atoms with Crippen molar-refractivity contribution in [3.63, 3.8) is 0 Å². The third-order valence-electron chi connectivity index (χ3n) is 3.31. The lowest BCUT2D eigenvalue weighted by atomic mass is 10.1. The summed E-state index contributed by atoms with van der Waals surface area (Å²) in [6.45, 7) is 0. The molecule has 0 fully saturated rings. The van der Waals surface area contributed by atoms with Gasteiger partial charge < -0.3 is 5.32 Å². The molecule has 0 saturated heterocycles. The number of hydrogen-bond acceptors (Lipinski definition) is 5. The van der Waals surface area contributed by atoms with Crippen LogP contribution in [0.3, 0.4) is 0 Å². The number of aromatic nitrogens is 1. The predicted molar refractivity (Wildman–Crippen MR) is 99.2 cm³/mol. The number of amides is 1. The van der Waals surface area contributed by atoms with Crippen LogP contribution in [0, 0.1) is 0 Å². The van der Waals surface area contributed by atoms with E-state index >= 15 is 0 Å². The first-order chi connectivity index (χ1) is 11.3. The van der Waals surface area contributed by atoms with Crippen LogP contribution in [0.2, 0.25) is 0 Å². The van der Waals surface area contributed by atoms with E-state index in [0.717, 1.165) is 21.0 Å². The second kappa shape index (κ2) is 6.62. The van der Waals surface area contributed by atoms with E-state index < -0.39 is 9.84 Å². The number of fused-ring (bicyclic) bond motifs is 1. The summed E-state index contributed by atoms with van der Waals surface area (Å²) >= 11 is 4.61. The standard InChI is InChI=1S/C16H13BrN2O3S2/c1-24(21,22)12-6-7-13-14(9-12)23-16(18-13)19-15(20)8-10-2-4-11(17)5-3-10/h2-7,9H,8H2,1H3,(H,18,19,20). The van der Waals surface area contributed by atoms with Crippen LogP contribution in [0.15, 0.2) is 51.8 Å². The number of nitrogens with one attached hydrogen (secondary N) is 1. The number of thiazole rings is 1. The fraction of sp³-hybridized carbons (Fsp3) is 0.125. The molecule has 3 aromatic rings. The van der Waals surface area contributed by atoms with E-state index in [-0.39, 0.29) is 17.2 Å². The Labute approximate surface area is 151 Å². The summed E-state index contributed by atoms with van der Waals surface area (Å²) in [6.07, 6.45) is 1.41. The van der Waals surface area contributed by atoms with Gasteiger partial charge in [0, 0.05) is 10.7 Å². The van der Waals surface area contributed by atoms with E-state index in [1.54, 1.807) is 12.1 Å². The molecule has 8 heteroatoms. The maximum atomic E-state index is 12.1. The van der Waals surface area contributed by atoms with Gasteiger partial charge in [-0.25, -0.2) is 13.4 Å². The second-order valence-electron chi connectivity index (χ2n) is 5.27. The quantitative estimate of drug-likeness (QED) is 0.693. The molecule has 2 aromatic carbocycles. The zero-order valence-electron chi connectivity index (χ0n) is 12.6. The molecule has 0 radical (unpaired) electrons. The third kappa shape index (κ3) is 4.00. The van der Waals surface area contributed by atoms with Gasteiger partial charge in [-0.1, -0.05) is 39.4 Å². The molecule has 0 atom stereocenters. The van der Waals surface area contributed by atoms with Crippen LogP contribution in [-0.4, -0.2) is 25.6 Å². The van der Waals surface area contributed by atoms with Gasteiger partial charge >= 0.3 is 0 Å². The number of carbonyl (C=O) groups excluding carboxylic acids is 1. The highest BCUT2D eigenvalue weighted by Crippen LogP contribution is 2.28. The van der Waals surface area contributed by atoms with E-state index in [4.69, 9.17) is 0 Å². The summed E-state index contributed by atoms with van der Waals surface area (Å²) in [5.41, 5.74) is 1.56. The SMILES string of the molecule is CS(=O)(=O)c1ccc2nc(NC(=O)Cc3ccc(Br)cc3)sc2c1. The largest absolute Gasteiger partial charge is 0.302 e. The fourth-order valence-electron chi connectivity index (χ4n) is 2.14. The maximum Gasteiger partial charge on any atom is 0.230 e. The van der Waals surface area contributed by atoms with Crippen molar-refractivity contribution in [1.82, 2.24) is 4.98 Å². The Kier molecular flexibility index (Phi) is 4.71. The summed E-state index contributed by atoms with van der Waals surface area (Å²) < 4.78 is 24.9. The number of carbonyl (C=O) groups is 1. The number of nitrogens with zero attached hydrogens (tertiary/aromatic N) is 1. The van der Waals surface area contributed by atoms with Gasteiger partial charge in [-0.2, -0.15) is 0 Å². The molecule has 1 amide bonds. The molecular formula is C16H13BrN2O3S2. The molecule has 3 rings (SSSR count). The Morgan fingerprint density at radius 3 is 2.58 bits per heavy atom. The van der Waals surface area contributed by atoms with Crippen LogP contribution in [0.4, 0.5) is 5.13 Å². The Bertz CT molecular complexity index is 1010. The Morgan fingerprint density at radius 2 is 1.92 bits per heavy atom. The molecule has 1 heterocycles. The van der Waals surface area contributed by atoms with E-state index in [0.29, 0.717) is 10.6 Å². The summed E-state index contributed by atoms with van der Waals surface area (Å²) in [5, 5.41) is 3.22. The van der Waals surface area contributed by atoms with Gasteiger partial charge in [-0.15, -0.1) is 0 Å². The molecule has 0 aliphatic rings. The van der Waals surface area contributed by atoms with E-state index in [2.05, 4.69) is 26.2 Å². The molecule has 124 valence electrons. The average Bonchev–Trinajstić information content (AvgIpc) is 2.89. The van der Waals surface area contributed by atoms with Crippen LogP contribution >= 0.6 is 27.3 Å². The monoisotopic (exact) mass is 424 g/mol. The van der Waals surface area contributed by atoms with Crippen molar-refractivity contribution in [2.75, 3.05) is 11.6 Å². The van der Waals surface area contributed by atoms with E-state index in [1.807, 2.05) is 24.3 Å². The van der Waals surface area contributed by atoms with Crippen molar-refractivity contribution in [3.05, 3.63) is 52.5 Å². The van der Waals surface area contributed by atoms with Gasteiger partial charge in [-0.05, 0) is 35.9 Å². The summed E-state index contributed by atoms with van der Waals surface area (Å²) in [6, 6.07) is 12.3. The molecule has 0 saturated carbocycles. The molecule has 1 N–H and O–H groups in total. The Balaban J connectivity index is 1.77. The van der Waals surface area contributed by atoms with Crippen molar-refractivity contribution in [2.45, 2.75) is 11.3 Å². The number of hydrogen-bond donors (Lipinski definition) is 1. The van der Waals surface area contributed by atoms with Crippen LogP contribution in [0.1, 0.15) is 5.56 Å². The molecular weight excluding hydrogens is 412 g/mol. The van der Waals surface area contributed by atoms with Crippen molar-refractivity contribution >= 4 is 58.4 Å². The smallest absolute Gasteiger partial charge is 0.230 e. The maximum absolute atomic E-state index is 12.1. The zero-order valence-corrected chi connectivity index (χ0v) is 15.8. The average molecular weight is 425 g/mol. The van der Waals surface area contributed by atoms with Crippen LogP contribution < -0.4 is 5.32 Å². The predicted octanol–water partition coefficient (Wildman–Crippen LogP) is 3.64. The molecule has 0 aliphatic carbocycles. The summed E-state index contributed by atoms with van der Waals surface area (Å²) in [7, 11) is -3.26. The van der Waals surface area contributed by atoms with Gasteiger partial charge in [0.05, 0.1) is 21.5 Å². The summed E-state index contributed by atoms with van der Waals surface area (Å²) in [5.74, 6) is -0.167. The number of halogens is 1. The molecule has 0 aliphatic heterocycles. The minimum Gasteiger partial charge on any atom is -0.302 e. The first-order valence-electron chi connectivity index (χ1n) is 6.96. The highest BCUT2D eigenvalue weighted by atomic mass is 79.9. The second-order valence-corrected chi connectivity index (χ2v) is 9.23. The molecule has 1 aromatic heterocycles. The number of sulfone groups is 1. The molecule has 0 unspecified atom stereocenters. The highest BCUT2D eigenvalue weighted by molar-refractivity contribution is 9.10. The molecule has 24 heavy (non-hydrogen) atoms. The lowest BCUT2D eigenvalue weighted by Gasteiger charge is -2.02. The molecule has 5 nitrogen and oxygen atoms in total.